The van der Waals surface area contributed by atoms with Gasteiger partial charge in [-0.15, -0.1) is 0 Å². The first-order valence-corrected chi connectivity index (χ1v) is 19.3. The fourth-order valence-corrected chi connectivity index (χ4v) is 7.11. The zero-order chi connectivity index (χ0) is 42.2. The molecule has 16 nitrogen and oxygen atoms in total. The number of piperazine rings is 2. The molecule has 348 valence electrons. The van der Waals surface area contributed by atoms with E-state index in [0.29, 0.717) is 59.8 Å². The number of hydrogen-bond donors (Lipinski definition) is 4. The molecule has 2 saturated heterocycles. The van der Waals surface area contributed by atoms with Crippen LogP contribution in [0, 0.1) is 13.8 Å². The number of anilines is 1. The number of halogens is 1. The minimum absolute atomic E-state index is 0. The van der Waals surface area contributed by atoms with Gasteiger partial charge in [0.2, 0.25) is 0 Å². The zero-order valence-corrected chi connectivity index (χ0v) is 33.4. The van der Waals surface area contributed by atoms with Gasteiger partial charge < -0.3 is 48.7 Å². The van der Waals surface area contributed by atoms with E-state index < -0.39 is 28.6 Å². The van der Waals surface area contributed by atoms with Crippen molar-refractivity contribution >= 4 is 62.8 Å². The average molecular weight is 908 g/mol. The standard InChI is InChI=1S/C22H23N3O5.C11H8ClNO3.C9H12N2O2.5CH4/c1-3-29-22(28)18-19(15-13-14(2)6-7-16(15)23-20(18)26)24-8-10-25(11-9-24)21(27)17-5-4-12-30-17;1-5-2-3-7-6(4-5)9(12)8(11(15)16)10(14)13-7;12-9(8-2-1-7-13-8)11-5-3-10-4-6-11;;;;;/h4-7,12-13H,3,8-11H2,1-2H3,(H,23,26);2-4H,1H3,(H,13,14)(H,15,16);1-2,7,10H,3-6H2;5*1H4. The highest BCUT2D eigenvalue weighted by Crippen LogP contribution is 2.30. The molecule has 0 aliphatic carbocycles. The number of nitrogens with zero attached hydrogens (tertiary/aromatic N) is 3. The summed E-state index contributed by atoms with van der Waals surface area (Å²) >= 11 is 5.91. The number of amides is 2. The molecule has 2 aliphatic rings. The van der Waals surface area contributed by atoms with Gasteiger partial charge in [-0.1, -0.05) is 72.0 Å². The van der Waals surface area contributed by atoms with Gasteiger partial charge in [0.25, 0.3) is 22.9 Å². The van der Waals surface area contributed by atoms with Gasteiger partial charge in [-0.05, 0) is 69.3 Å². The van der Waals surface area contributed by atoms with E-state index in [9.17, 15) is 28.8 Å². The minimum atomic E-state index is -1.32. The van der Waals surface area contributed by atoms with Crippen LogP contribution in [0.1, 0.15) is 97.0 Å². The smallest absolute Gasteiger partial charge is 0.345 e. The van der Waals surface area contributed by atoms with Crippen LogP contribution in [0.4, 0.5) is 5.69 Å². The molecule has 6 heterocycles. The first-order valence-electron chi connectivity index (χ1n) is 18.9. The lowest BCUT2D eigenvalue weighted by molar-refractivity contribution is 0.0523. The van der Waals surface area contributed by atoms with Crippen LogP contribution in [-0.2, 0) is 4.74 Å². The molecule has 64 heavy (non-hydrogen) atoms. The molecule has 0 spiro atoms. The Labute approximate surface area is 379 Å². The summed E-state index contributed by atoms with van der Waals surface area (Å²) in [5.41, 5.74) is 2.12. The number of fused-ring (bicyclic) bond motifs is 2. The number of benzene rings is 2. The van der Waals surface area contributed by atoms with Crippen LogP contribution in [0.25, 0.3) is 21.8 Å². The molecule has 6 aromatic rings. The number of carbonyl (C=O) groups excluding carboxylic acids is 3. The number of aromatic nitrogens is 2. The number of carbonyl (C=O) groups is 4. The van der Waals surface area contributed by atoms with E-state index in [4.69, 9.17) is 30.3 Å². The second-order valence-corrected chi connectivity index (χ2v) is 14.1. The van der Waals surface area contributed by atoms with E-state index in [2.05, 4.69) is 15.3 Å². The van der Waals surface area contributed by atoms with E-state index in [1.54, 1.807) is 53.1 Å². The van der Waals surface area contributed by atoms with Crippen molar-refractivity contribution in [3.05, 3.63) is 133 Å². The molecule has 2 amide bonds. The molecule has 4 N–H and O–H groups in total. The highest BCUT2D eigenvalue weighted by molar-refractivity contribution is 6.38. The van der Waals surface area contributed by atoms with Gasteiger partial charge in [0, 0.05) is 68.6 Å². The van der Waals surface area contributed by atoms with Crippen molar-refractivity contribution in [2.24, 2.45) is 0 Å². The number of carboxylic acids is 1. The number of aromatic amines is 2. The van der Waals surface area contributed by atoms with E-state index in [1.165, 1.54) is 12.5 Å². The fraction of sp³-hybridized carbons (Fsp3) is 0.362. The summed E-state index contributed by atoms with van der Waals surface area (Å²) in [5, 5.41) is 13.4. The first-order chi connectivity index (χ1) is 28.4. The molecule has 8 rings (SSSR count). The normalized spacial score (nSPS) is 12.8. The third-order valence-corrected chi connectivity index (χ3v) is 10.1. The Morgan fingerprint density at radius 2 is 1.16 bits per heavy atom. The summed E-state index contributed by atoms with van der Waals surface area (Å²) in [5.74, 6) is -1.42. The zero-order valence-electron chi connectivity index (χ0n) is 32.6. The number of nitrogens with one attached hydrogen (secondary N) is 3. The van der Waals surface area contributed by atoms with Crippen molar-refractivity contribution in [3.63, 3.8) is 0 Å². The second-order valence-electron chi connectivity index (χ2n) is 13.7. The third-order valence-electron chi connectivity index (χ3n) is 9.69. The lowest BCUT2D eigenvalue weighted by Crippen LogP contribution is -2.49. The molecule has 0 unspecified atom stereocenters. The van der Waals surface area contributed by atoms with Crippen LogP contribution in [0.15, 0.2) is 91.6 Å². The average Bonchev–Trinajstić information content (AvgIpc) is 3.98. The summed E-state index contributed by atoms with van der Waals surface area (Å²) in [7, 11) is 0. The highest BCUT2D eigenvalue weighted by atomic mass is 35.5. The number of esters is 1. The number of aromatic carboxylic acids is 1. The number of H-pyrrole nitrogens is 2. The summed E-state index contributed by atoms with van der Waals surface area (Å²) < 4.78 is 15.4. The van der Waals surface area contributed by atoms with Crippen molar-refractivity contribution in [1.29, 1.82) is 0 Å². The number of furan rings is 2. The summed E-state index contributed by atoms with van der Waals surface area (Å²) in [6, 6.07) is 17.7. The predicted octanol–water partition coefficient (Wildman–Crippen LogP) is 8.26. The van der Waals surface area contributed by atoms with Crippen molar-refractivity contribution in [1.82, 2.24) is 25.1 Å². The molecular weight excluding hydrogens is 844 g/mol. The number of aryl methyl sites for hydroxylation is 2. The number of rotatable bonds is 6. The molecule has 2 fully saturated rings. The van der Waals surface area contributed by atoms with Gasteiger partial charge >= 0.3 is 11.9 Å². The fourth-order valence-electron chi connectivity index (χ4n) is 6.78. The van der Waals surface area contributed by atoms with Crippen molar-refractivity contribution in [2.45, 2.75) is 57.9 Å². The molecule has 0 saturated carbocycles. The van der Waals surface area contributed by atoms with E-state index >= 15 is 0 Å². The number of ether oxygens (including phenoxy) is 1. The van der Waals surface area contributed by atoms with Crippen LogP contribution in [0.5, 0.6) is 0 Å². The third kappa shape index (κ3) is 12.5. The summed E-state index contributed by atoms with van der Waals surface area (Å²) in [6.45, 7) is 10.8. The second kappa shape index (κ2) is 24.8. The quantitative estimate of drug-likeness (QED) is 0.116. The number of hydrogen-bond acceptors (Lipinski definition) is 11. The van der Waals surface area contributed by atoms with E-state index in [0.717, 1.165) is 42.7 Å². The molecule has 17 heteroatoms. The molecule has 2 aromatic carbocycles. The van der Waals surface area contributed by atoms with Crippen molar-refractivity contribution in [2.75, 3.05) is 63.9 Å². The molecule has 4 aromatic heterocycles. The largest absolute Gasteiger partial charge is 0.477 e. The SMILES string of the molecule is C.C.C.C.C.CCOC(=O)c1c(N2CCN(C(=O)c3ccco3)CC2)c2cc(C)ccc2[nH]c1=O.Cc1ccc2[nH]c(=O)c(C(=O)O)c(Cl)c2c1.O=C(c1ccco1)N1CCNCC1. The Balaban J connectivity index is 0.000000512. The van der Waals surface area contributed by atoms with Crippen LogP contribution in [0.2, 0.25) is 5.02 Å². The first kappa shape index (κ1) is 55.4. The highest BCUT2D eigenvalue weighted by Gasteiger charge is 2.30. The van der Waals surface area contributed by atoms with Gasteiger partial charge in [-0.25, -0.2) is 9.59 Å². The lowest BCUT2D eigenvalue weighted by Gasteiger charge is -2.36. The van der Waals surface area contributed by atoms with Crippen LogP contribution in [-0.4, -0.2) is 108 Å². The van der Waals surface area contributed by atoms with Crippen LogP contribution in [0.3, 0.4) is 0 Å². The van der Waals surface area contributed by atoms with Gasteiger partial charge in [0.1, 0.15) is 11.1 Å². The maximum absolute atomic E-state index is 12.8. The van der Waals surface area contributed by atoms with Crippen LogP contribution < -0.4 is 21.3 Å². The molecule has 2 aliphatic heterocycles. The minimum Gasteiger partial charge on any atom is -0.477 e. The number of carboxylic acid groups (broad SMARTS) is 1. The monoisotopic (exact) mass is 906 g/mol. The van der Waals surface area contributed by atoms with Gasteiger partial charge in [0.15, 0.2) is 11.5 Å². The van der Waals surface area contributed by atoms with E-state index in [-0.39, 0.29) is 66.1 Å². The topological polar surface area (TPSA) is 211 Å². The van der Waals surface area contributed by atoms with Gasteiger partial charge in [-0.2, -0.15) is 0 Å². The maximum atomic E-state index is 12.8. The Hall–Kier alpha value is -6.65. The number of pyridine rings is 2. The van der Waals surface area contributed by atoms with E-state index in [1.807, 2.05) is 43.0 Å². The predicted molar refractivity (Wildman–Crippen MR) is 254 cm³/mol. The molecule has 0 radical (unpaired) electrons. The molecular formula is C47H63ClN6O10. The van der Waals surface area contributed by atoms with Gasteiger partial charge in [0.05, 0.1) is 35.4 Å². The maximum Gasteiger partial charge on any atom is 0.345 e. The van der Waals surface area contributed by atoms with Crippen molar-refractivity contribution in [3.8, 4) is 0 Å². The molecule has 0 atom stereocenters. The van der Waals surface area contributed by atoms with Gasteiger partial charge in [-0.3, -0.25) is 19.2 Å². The Kier molecular flexibility index (Phi) is 21.5. The Bertz CT molecular complexity index is 2590. The van der Waals surface area contributed by atoms with Crippen molar-refractivity contribution < 1.29 is 37.9 Å². The Morgan fingerprint density at radius 1 is 0.688 bits per heavy atom. The summed E-state index contributed by atoms with van der Waals surface area (Å²) in [6.07, 6.45) is 3.00. The van der Waals surface area contributed by atoms with Crippen LogP contribution >= 0.6 is 11.6 Å². The summed E-state index contributed by atoms with van der Waals surface area (Å²) in [4.78, 5) is 82.7. The molecule has 0 bridgehead atoms. The lowest BCUT2D eigenvalue weighted by atomic mass is 10.0. The Morgan fingerprint density at radius 3 is 1.62 bits per heavy atom.